The van der Waals surface area contributed by atoms with E-state index >= 15 is 0 Å². The van der Waals surface area contributed by atoms with Crippen LogP contribution in [-0.4, -0.2) is 37.3 Å². The zero-order chi connectivity index (χ0) is 21.6. The SMILES string of the molecule is c1ccc(COCCc2cccc3c2CCN3c2cncc(OCC3CCCN3)c2)cc1. The van der Waals surface area contributed by atoms with Crippen molar-refractivity contribution in [2.24, 2.45) is 0 Å². The van der Waals surface area contributed by atoms with Gasteiger partial charge in [0, 0.05) is 24.3 Å². The number of nitrogens with zero attached hydrogens (tertiary/aromatic N) is 2. The maximum Gasteiger partial charge on any atom is 0.139 e. The standard InChI is InChI=1S/C27H31N3O2/c1-2-6-21(7-3-1)19-31-15-12-22-8-4-10-27-26(22)11-14-30(27)24-16-25(18-28-17-24)32-20-23-9-5-13-29-23/h1-4,6-8,10,16-18,23,29H,5,9,11-15,19-20H2. The summed E-state index contributed by atoms with van der Waals surface area (Å²) in [6.45, 7) is 4.15. The van der Waals surface area contributed by atoms with Crippen LogP contribution in [0.4, 0.5) is 11.4 Å². The lowest BCUT2D eigenvalue weighted by molar-refractivity contribution is 0.124. The van der Waals surface area contributed by atoms with E-state index in [2.05, 4.69) is 63.7 Å². The van der Waals surface area contributed by atoms with Crippen molar-refractivity contribution in [3.05, 3.63) is 83.7 Å². The van der Waals surface area contributed by atoms with Gasteiger partial charge in [-0.2, -0.15) is 0 Å². The fourth-order valence-corrected chi connectivity index (χ4v) is 4.69. The summed E-state index contributed by atoms with van der Waals surface area (Å²) >= 11 is 0. The van der Waals surface area contributed by atoms with Crippen LogP contribution in [0, 0.1) is 0 Å². The molecular weight excluding hydrogens is 398 g/mol. The van der Waals surface area contributed by atoms with Crippen molar-refractivity contribution < 1.29 is 9.47 Å². The lowest BCUT2D eigenvalue weighted by Gasteiger charge is -2.21. The molecule has 1 fully saturated rings. The van der Waals surface area contributed by atoms with Crippen LogP contribution in [0.15, 0.2) is 67.0 Å². The quantitative estimate of drug-likeness (QED) is 0.501. The third-order valence-corrected chi connectivity index (χ3v) is 6.38. The summed E-state index contributed by atoms with van der Waals surface area (Å²) in [6, 6.07) is 19.5. The van der Waals surface area contributed by atoms with Crippen LogP contribution in [0.25, 0.3) is 0 Å². The van der Waals surface area contributed by atoms with Crippen molar-refractivity contribution >= 4 is 11.4 Å². The zero-order valence-corrected chi connectivity index (χ0v) is 18.5. The second-order valence-electron chi connectivity index (χ2n) is 8.59. The van der Waals surface area contributed by atoms with Crippen LogP contribution in [0.3, 0.4) is 0 Å². The number of fused-ring (bicyclic) bond motifs is 1. The monoisotopic (exact) mass is 429 g/mol. The van der Waals surface area contributed by atoms with Gasteiger partial charge < -0.3 is 19.7 Å². The molecule has 2 aliphatic rings. The number of ether oxygens (including phenoxy) is 2. The molecule has 0 saturated carbocycles. The smallest absolute Gasteiger partial charge is 0.139 e. The summed E-state index contributed by atoms with van der Waals surface area (Å²) in [5.41, 5.74) is 6.40. The molecule has 5 heteroatoms. The summed E-state index contributed by atoms with van der Waals surface area (Å²) in [4.78, 5) is 6.81. The third-order valence-electron chi connectivity index (χ3n) is 6.38. The predicted molar refractivity (Wildman–Crippen MR) is 128 cm³/mol. The average Bonchev–Trinajstić information content (AvgIpc) is 3.52. The molecule has 1 N–H and O–H groups in total. The molecule has 3 heterocycles. The highest BCUT2D eigenvalue weighted by Gasteiger charge is 2.23. The third kappa shape index (κ3) is 4.95. The van der Waals surface area contributed by atoms with E-state index in [4.69, 9.17) is 9.47 Å². The molecule has 1 aromatic heterocycles. The second kappa shape index (κ2) is 10.2. The lowest BCUT2D eigenvalue weighted by Crippen LogP contribution is -2.28. The van der Waals surface area contributed by atoms with Gasteiger partial charge in [0.15, 0.2) is 0 Å². The Morgan fingerprint density at radius 2 is 2.00 bits per heavy atom. The Morgan fingerprint density at radius 1 is 1.06 bits per heavy atom. The fraction of sp³-hybridized carbons (Fsp3) is 0.370. The first-order chi connectivity index (χ1) is 15.9. The van der Waals surface area contributed by atoms with Gasteiger partial charge in [-0.1, -0.05) is 42.5 Å². The molecule has 2 aliphatic heterocycles. The van der Waals surface area contributed by atoms with Crippen molar-refractivity contribution in [2.45, 2.75) is 38.3 Å². The summed E-state index contributed by atoms with van der Waals surface area (Å²) in [6.07, 6.45) is 8.14. The Morgan fingerprint density at radius 3 is 2.88 bits per heavy atom. The molecule has 166 valence electrons. The van der Waals surface area contributed by atoms with E-state index < -0.39 is 0 Å². The van der Waals surface area contributed by atoms with Gasteiger partial charge in [0.1, 0.15) is 12.4 Å². The molecule has 0 amide bonds. The van der Waals surface area contributed by atoms with E-state index in [0.29, 0.717) is 19.3 Å². The summed E-state index contributed by atoms with van der Waals surface area (Å²) in [5, 5.41) is 3.48. The van der Waals surface area contributed by atoms with Gasteiger partial charge in [-0.15, -0.1) is 0 Å². The average molecular weight is 430 g/mol. The first-order valence-corrected chi connectivity index (χ1v) is 11.7. The maximum absolute atomic E-state index is 6.04. The minimum atomic E-state index is 0.456. The van der Waals surface area contributed by atoms with E-state index in [1.807, 2.05) is 18.5 Å². The predicted octanol–water partition coefficient (Wildman–Crippen LogP) is 4.67. The molecule has 32 heavy (non-hydrogen) atoms. The topological polar surface area (TPSA) is 46.6 Å². The van der Waals surface area contributed by atoms with Crippen molar-refractivity contribution in [1.82, 2.24) is 10.3 Å². The van der Waals surface area contributed by atoms with Crippen LogP contribution in [0.2, 0.25) is 0 Å². The number of pyridine rings is 1. The minimum absolute atomic E-state index is 0.456. The molecule has 0 spiro atoms. The first-order valence-electron chi connectivity index (χ1n) is 11.7. The molecule has 5 rings (SSSR count). The van der Waals surface area contributed by atoms with E-state index in [-0.39, 0.29) is 0 Å². The Labute approximate surface area is 190 Å². The second-order valence-corrected chi connectivity index (χ2v) is 8.59. The molecule has 3 aromatic rings. The molecular formula is C27H31N3O2. The highest BCUT2D eigenvalue weighted by Crippen LogP contribution is 2.37. The van der Waals surface area contributed by atoms with Crippen molar-refractivity contribution in [3.8, 4) is 5.75 Å². The Bertz CT molecular complexity index is 1020. The van der Waals surface area contributed by atoms with Crippen LogP contribution in [0.5, 0.6) is 5.75 Å². The molecule has 1 unspecified atom stereocenters. The van der Waals surface area contributed by atoms with Crippen LogP contribution in [-0.2, 0) is 24.2 Å². The maximum atomic E-state index is 6.04. The Hall–Kier alpha value is -2.89. The largest absolute Gasteiger partial charge is 0.490 e. The molecule has 1 atom stereocenters. The van der Waals surface area contributed by atoms with E-state index in [1.54, 1.807) is 0 Å². The highest BCUT2D eigenvalue weighted by molar-refractivity contribution is 5.71. The number of nitrogens with one attached hydrogen (secondary N) is 1. The van der Waals surface area contributed by atoms with Crippen molar-refractivity contribution in [3.63, 3.8) is 0 Å². The van der Waals surface area contributed by atoms with Crippen molar-refractivity contribution in [1.29, 1.82) is 0 Å². The Kier molecular flexibility index (Phi) is 6.66. The number of aromatic nitrogens is 1. The van der Waals surface area contributed by atoms with Crippen LogP contribution < -0.4 is 15.0 Å². The summed E-state index contributed by atoms with van der Waals surface area (Å²) in [5.74, 6) is 0.843. The molecule has 1 saturated heterocycles. The number of hydrogen-bond donors (Lipinski definition) is 1. The van der Waals surface area contributed by atoms with Gasteiger partial charge in [-0.05, 0) is 55.0 Å². The van der Waals surface area contributed by atoms with Gasteiger partial charge in [0.05, 0.1) is 31.3 Å². The zero-order valence-electron chi connectivity index (χ0n) is 18.5. The fourth-order valence-electron chi connectivity index (χ4n) is 4.69. The molecule has 5 nitrogen and oxygen atoms in total. The highest BCUT2D eigenvalue weighted by atomic mass is 16.5. The molecule has 2 aromatic carbocycles. The number of anilines is 2. The summed E-state index contributed by atoms with van der Waals surface area (Å²) in [7, 11) is 0. The number of benzene rings is 2. The van der Waals surface area contributed by atoms with Gasteiger partial charge in [-0.3, -0.25) is 4.98 Å². The van der Waals surface area contributed by atoms with Gasteiger partial charge in [0.2, 0.25) is 0 Å². The van der Waals surface area contributed by atoms with E-state index in [9.17, 15) is 0 Å². The van der Waals surface area contributed by atoms with Crippen LogP contribution >= 0.6 is 0 Å². The van der Waals surface area contributed by atoms with E-state index in [0.717, 1.165) is 44.0 Å². The van der Waals surface area contributed by atoms with E-state index in [1.165, 1.54) is 35.2 Å². The minimum Gasteiger partial charge on any atom is -0.490 e. The molecule has 0 bridgehead atoms. The van der Waals surface area contributed by atoms with Crippen LogP contribution in [0.1, 0.15) is 29.5 Å². The van der Waals surface area contributed by atoms with Crippen molar-refractivity contribution in [2.75, 3.05) is 31.2 Å². The first kappa shape index (κ1) is 21.0. The van der Waals surface area contributed by atoms with Gasteiger partial charge in [0.25, 0.3) is 0 Å². The summed E-state index contributed by atoms with van der Waals surface area (Å²) < 4.78 is 12.0. The van der Waals surface area contributed by atoms with Gasteiger partial charge >= 0.3 is 0 Å². The molecule has 0 radical (unpaired) electrons. The normalized spacial score (nSPS) is 17.5. The lowest BCUT2D eigenvalue weighted by atomic mass is 10.0. The number of hydrogen-bond acceptors (Lipinski definition) is 5. The van der Waals surface area contributed by atoms with Gasteiger partial charge in [-0.25, -0.2) is 0 Å². The molecule has 0 aliphatic carbocycles. The number of rotatable bonds is 9. The Balaban J connectivity index is 1.22.